The van der Waals surface area contributed by atoms with E-state index in [0.717, 1.165) is 13.1 Å². The average Bonchev–Trinajstić information content (AvgIpc) is 2.03. The number of likely N-dealkylation sites (tertiary alicyclic amines) is 1. The lowest BCUT2D eigenvalue weighted by Gasteiger charge is -2.40. The minimum absolute atomic E-state index is 0.0488. The highest BCUT2D eigenvalue weighted by Gasteiger charge is 2.30. The zero-order chi connectivity index (χ0) is 9.90. The molecule has 0 aromatic rings. The van der Waals surface area contributed by atoms with E-state index >= 15 is 0 Å². The van der Waals surface area contributed by atoms with Crippen LogP contribution in [0.5, 0.6) is 0 Å². The summed E-state index contributed by atoms with van der Waals surface area (Å²) in [5, 5.41) is 0. The Morgan fingerprint density at radius 1 is 1.62 bits per heavy atom. The maximum Gasteiger partial charge on any atom is 0.0777 e. The number of hydrogen-bond donors (Lipinski definition) is 1. The van der Waals surface area contributed by atoms with Crippen LogP contribution in [0, 0.1) is 0 Å². The molecule has 78 valence electrons. The second-order valence-corrected chi connectivity index (χ2v) is 4.47. The van der Waals surface area contributed by atoms with Crippen LogP contribution in [0.2, 0.25) is 0 Å². The Kier molecular flexibility index (Phi) is 3.71. The molecule has 0 amide bonds. The summed E-state index contributed by atoms with van der Waals surface area (Å²) in [5.41, 5.74) is 5.82. The zero-order valence-electron chi connectivity index (χ0n) is 9.05. The van der Waals surface area contributed by atoms with Crippen molar-refractivity contribution in [2.24, 2.45) is 5.73 Å². The van der Waals surface area contributed by atoms with Crippen molar-refractivity contribution in [3.63, 3.8) is 0 Å². The van der Waals surface area contributed by atoms with E-state index in [1.54, 1.807) is 7.11 Å². The van der Waals surface area contributed by atoms with Gasteiger partial charge in [-0.3, -0.25) is 4.90 Å². The lowest BCUT2D eigenvalue weighted by Crippen LogP contribution is -2.50. The number of rotatable bonds is 3. The number of hydrogen-bond acceptors (Lipinski definition) is 3. The van der Waals surface area contributed by atoms with Crippen molar-refractivity contribution < 1.29 is 4.74 Å². The fraction of sp³-hybridized carbons (Fsp3) is 1.00. The van der Waals surface area contributed by atoms with Gasteiger partial charge in [-0.25, -0.2) is 0 Å². The summed E-state index contributed by atoms with van der Waals surface area (Å²) < 4.78 is 5.51. The third kappa shape index (κ3) is 3.25. The van der Waals surface area contributed by atoms with Crippen LogP contribution in [-0.2, 0) is 4.74 Å². The van der Waals surface area contributed by atoms with Crippen molar-refractivity contribution in [2.75, 3.05) is 26.7 Å². The second-order valence-electron chi connectivity index (χ2n) is 4.47. The molecular formula is C10H22N2O. The predicted molar refractivity (Wildman–Crippen MR) is 54.7 cm³/mol. The standard InChI is InChI=1S/C10H22N2O/c1-9(11)7-12-6-4-5-10(2,8-12)13-3/h9H,4-8,11H2,1-3H3/t9-,10?/m1/s1. The minimum Gasteiger partial charge on any atom is -0.377 e. The highest BCUT2D eigenvalue weighted by atomic mass is 16.5. The predicted octanol–water partition coefficient (Wildman–Crippen LogP) is 0.834. The molecule has 0 spiro atoms. The third-order valence-electron chi connectivity index (χ3n) is 2.78. The zero-order valence-corrected chi connectivity index (χ0v) is 9.05. The molecule has 2 N–H and O–H groups in total. The number of nitrogens with two attached hydrogens (primary N) is 1. The molecule has 1 fully saturated rings. The first-order valence-corrected chi connectivity index (χ1v) is 5.09. The van der Waals surface area contributed by atoms with Gasteiger partial charge in [0.25, 0.3) is 0 Å². The van der Waals surface area contributed by atoms with Crippen LogP contribution in [0.1, 0.15) is 26.7 Å². The van der Waals surface area contributed by atoms with E-state index in [4.69, 9.17) is 10.5 Å². The molecule has 0 radical (unpaired) electrons. The number of methoxy groups -OCH3 is 1. The quantitative estimate of drug-likeness (QED) is 0.709. The largest absolute Gasteiger partial charge is 0.377 e. The Hall–Kier alpha value is -0.120. The molecule has 3 heteroatoms. The Morgan fingerprint density at radius 3 is 2.85 bits per heavy atom. The van der Waals surface area contributed by atoms with E-state index in [1.165, 1.54) is 19.4 Å². The van der Waals surface area contributed by atoms with E-state index in [-0.39, 0.29) is 11.6 Å². The summed E-state index contributed by atoms with van der Waals surface area (Å²) in [5.74, 6) is 0. The smallest absolute Gasteiger partial charge is 0.0777 e. The SMILES string of the molecule is COC1(C)CCCN(C[C@@H](C)N)C1. The van der Waals surface area contributed by atoms with Crippen molar-refractivity contribution in [1.82, 2.24) is 4.90 Å². The first kappa shape index (κ1) is 11.0. The molecule has 3 nitrogen and oxygen atoms in total. The highest BCUT2D eigenvalue weighted by Crippen LogP contribution is 2.23. The van der Waals surface area contributed by atoms with Gasteiger partial charge >= 0.3 is 0 Å². The third-order valence-corrected chi connectivity index (χ3v) is 2.78. The molecule has 1 rings (SSSR count). The van der Waals surface area contributed by atoms with Gasteiger partial charge in [0.1, 0.15) is 0 Å². The van der Waals surface area contributed by atoms with Crippen LogP contribution in [0.3, 0.4) is 0 Å². The fourth-order valence-electron chi connectivity index (χ4n) is 2.04. The molecule has 1 heterocycles. The molecular weight excluding hydrogens is 164 g/mol. The highest BCUT2D eigenvalue weighted by molar-refractivity contribution is 4.85. The molecule has 0 aromatic heterocycles. The van der Waals surface area contributed by atoms with E-state index in [2.05, 4.69) is 18.7 Å². The maximum atomic E-state index is 5.77. The Bertz CT molecular complexity index is 161. The molecule has 1 aliphatic rings. The van der Waals surface area contributed by atoms with Gasteiger partial charge < -0.3 is 10.5 Å². The van der Waals surface area contributed by atoms with Gasteiger partial charge in [-0.05, 0) is 33.2 Å². The Balaban J connectivity index is 2.42. The fourth-order valence-corrected chi connectivity index (χ4v) is 2.04. The van der Waals surface area contributed by atoms with Gasteiger partial charge in [-0.1, -0.05) is 0 Å². The summed E-state index contributed by atoms with van der Waals surface area (Å²) in [6.07, 6.45) is 2.38. The molecule has 13 heavy (non-hydrogen) atoms. The van der Waals surface area contributed by atoms with Crippen LogP contribution in [0.15, 0.2) is 0 Å². The molecule has 1 saturated heterocycles. The monoisotopic (exact) mass is 186 g/mol. The summed E-state index contributed by atoms with van der Waals surface area (Å²) >= 11 is 0. The van der Waals surface area contributed by atoms with Crippen LogP contribution in [0.25, 0.3) is 0 Å². The van der Waals surface area contributed by atoms with Crippen LogP contribution < -0.4 is 5.73 Å². The molecule has 0 aromatic carbocycles. The summed E-state index contributed by atoms with van der Waals surface area (Å²) in [7, 11) is 1.80. The van der Waals surface area contributed by atoms with Gasteiger partial charge in [-0.2, -0.15) is 0 Å². The van der Waals surface area contributed by atoms with Crippen molar-refractivity contribution in [3.05, 3.63) is 0 Å². The first-order valence-electron chi connectivity index (χ1n) is 5.09. The van der Waals surface area contributed by atoms with Crippen LogP contribution >= 0.6 is 0 Å². The topological polar surface area (TPSA) is 38.5 Å². The van der Waals surface area contributed by atoms with Crippen molar-refractivity contribution >= 4 is 0 Å². The normalized spacial score (nSPS) is 33.2. The van der Waals surface area contributed by atoms with Crippen LogP contribution in [0.4, 0.5) is 0 Å². The number of piperidine rings is 1. The van der Waals surface area contributed by atoms with Crippen molar-refractivity contribution in [1.29, 1.82) is 0 Å². The van der Waals surface area contributed by atoms with Gasteiger partial charge in [0.2, 0.25) is 0 Å². The number of ether oxygens (including phenoxy) is 1. The lowest BCUT2D eigenvalue weighted by atomic mass is 9.94. The Morgan fingerprint density at radius 2 is 2.31 bits per heavy atom. The molecule has 1 aliphatic heterocycles. The lowest BCUT2D eigenvalue weighted by molar-refractivity contribution is -0.0513. The number of nitrogens with zero attached hydrogens (tertiary/aromatic N) is 1. The molecule has 0 bridgehead atoms. The molecule has 0 aliphatic carbocycles. The average molecular weight is 186 g/mol. The van der Waals surface area contributed by atoms with E-state index in [9.17, 15) is 0 Å². The minimum atomic E-state index is 0.0488. The second kappa shape index (κ2) is 4.40. The maximum absolute atomic E-state index is 5.77. The molecule has 2 atom stereocenters. The van der Waals surface area contributed by atoms with Gasteiger partial charge in [0, 0.05) is 26.2 Å². The first-order chi connectivity index (χ1) is 6.06. The van der Waals surface area contributed by atoms with Gasteiger partial charge in [-0.15, -0.1) is 0 Å². The van der Waals surface area contributed by atoms with Crippen LogP contribution in [-0.4, -0.2) is 43.3 Å². The van der Waals surface area contributed by atoms with Crippen molar-refractivity contribution in [3.8, 4) is 0 Å². The molecule has 1 unspecified atom stereocenters. The Labute approximate surface area is 81.2 Å². The molecule has 0 saturated carbocycles. The van der Waals surface area contributed by atoms with Gasteiger partial charge in [0.15, 0.2) is 0 Å². The summed E-state index contributed by atoms with van der Waals surface area (Å²) in [4.78, 5) is 2.40. The van der Waals surface area contributed by atoms with E-state index in [0.29, 0.717) is 0 Å². The van der Waals surface area contributed by atoms with E-state index in [1.807, 2.05) is 0 Å². The summed E-state index contributed by atoms with van der Waals surface area (Å²) in [6, 6.07) is 0.263. The summed E-state index contributed by atoms with van der Waals surface area (Å²) in [6.45, 7) is 7.41. The van der Waals surface area contributed by atoms with Crippen molar-refractivity contribution in [2.45, 2.75) is 38.3 Å². The van der Waals surface area contributed by atoms with Gasteiger partial charge in [0.05, 0.1) is 5.60 Å². The van der Waals surface area contributed by atoms with E-state index < -0.39 is 0 Å².